The van der Waals surface area contributed by atoms with Crippen LogP contribution < -0.4 is 5.32 Å². The molecule has 0 atom stereocenters. The fourth-order valence-electron chi connectivity index (χ4n) is 3.70. The maximum absolute atomic E-state index is 12.4. The maximum atomic E-state index is 12.4. The molecule has 0 fully saturated rings. The molecular formula is C22H18N2OS2. The Morgan fingerprint density at radius 1 is 1.15 bits per heavy atom. The number of benzene rings is 3. The first-order valence-electron chi connectivity index (χ1n) is 9.01. The molecule has 5 rings (SSSR count). The topological polar surface area (TPSA) is 42.0 Å². The fraction of sp³-hybridized carbons (Fsp3) is 0.182. The number of amides is 1. The Bertz CT molecular complexity index is 1180. The average molecular weight is 391 g/mol. The molecule has 0 unspecified atom stereocenters. The summed E-state index contributed by atoms with van der Waals surface area (Å²) in [6.07, 6.45) is 2.21. The molecule has 1 N–H and O–H groups in total. The first-order valence-corrected chi connectivity index (χ1v) is 10.8. The monoisotopic (exact) mass is 390 g/mol. The molecule has 4 aromatic rings. The molecular weight excluding hydrogens is 372 g/mol. The van der Waals surface area contributed by atoms with Crippen LogP contribution in [0.4, 0.5) is 5.13 Å². The lowest BCUT2D eigenvalue weighted by Gasteiger charge is -2.02. The SMILES string of the molecule is Cc1ccc(SCC(=O)Nc2nc3c(cc4c5c(cccc53)CC4)s2)cc1. The summed E-state index contributed by atoms with van der Waals surface area (Å²) in [5, 5.41) is 6.24. The van der Waals surface area contributed by atoms with Gasteiger partial charge in [-0.15, -0.1) is 11.8 Å². The average Bonchev–Trinajstić information content (AvgIpc) is 3.27. The smallest absolute Gasteiger partial charge is 0.236 e. The second kappa shape index (κ2) is 6.66. The summed E-state index contributed by atoms with van der Waals surface area (Å²) in [5.74, 6) is 0.367. The van der Waals surface area contributed by atoms with Crippen LogP contribution in [0.15, 0.2) is 53.4 Å². The number of hydrogen-bond donors (Lipinski definition) is 1. The van der Waals surface area contributed by atoms with Gasteiger partial charge in [0.1, 0.15) is 0 Å². The van der Waals surface area contributed by atoms with Gasteiger partial charge < -0.3 is 5.32 Å². The zero-order valence-electron chi connectivity index (χ0n) is 14.9. The Morgan fingerprint density at radius 3 is 2.81 bits per heavy atom. The third-order valence-corrected chi connectivity index (χ3v) is 6.92. The molecule has 1 aliphatic rings. The van der Waals surface area contributed by atoms with Crippen LogP contribution in [-0.2, 0) is 17.6 Å². The van der Waals surface area contributed by atoms with Crippen molar-refractivity contribution in [2.24, 2.45) is 0 Å². The van der Waals surface area contributed by atoms with E-state index in [0.717, 1.165) is 28.0 Å². The third kappa shape index (κ3) is 3.11. The maximum Gasteiger partial charge on any atom is 0.236 e. The highest BCUT2D eigenvalue weighted by atomic mass is 32.2. The number of nitrogens with zero attached hydrogens (tertiary/aromatic N) is 1. The van der Waals surface area contributed by atoms with Crippen LogP contribution in [0.2, 0.25) is 0 Å². The van der Waals surface area contributed by atoms with Gasteiger partial charge in [-0.25, -0.2) is 4.98 Å². The molecule has 0 saturated heterocycles. The van der Waals surface area contributed by atoms with E-state index in [1.807, 2.05) is 0 Å². The first kappa shape index (κ1) is 16.8. The summed E-state index contributed by atoms with van der Waals surface area (Å²) in [5.41, 5.74) is 5.05. The summed E-state index contributed by atoms with van der Waals surface area (Å²) in [6, 6.07) is 17.0. The summed E-state index contributed by atoms with van der Waals surface area (Å²) in [4.78, 5) is 18.2. The lowest BCUT2D eigenvalue weighted by Crippen LogP contribution is -2.13. The normalized spacial score (nSPS) is 12.8. The second-order valence-electron chi connectivity index (χ2n) is 6.89. The van der Waals surface area contributed by atoms with Gasteiger partial charge in [-0.1, -0.05) is 47.2 Å². The number of fused-ring (bicyclic) bond motifs is 2. The minimum atomic E-state index is -0.0167. The van der Waals surface area contributed by atoms with Gasteiger partial charge in [0, 0.05) is 10.3 Å². The Morgan fingerprint density at radius 2 is 1.96 bits per heavy atom. The van der Waals surface area contributed by atoms with Crippen molar-refractivity contribution in [3.05, 3.63) is 65.2 Å². The number of carbonyl (C=O) groups excluding carboxylic acids is 1. The van der Waals surface area contributed by atoms with E-state index >= 15 is 0 Å². The molecule has 134 valence electrons. The standard InChI is InChI=1S/C22H18N2OS2/c1-13-5-9-16(10-6-13)26-12-19(25)23-22-24-21-17-4-2-3-14-7-8-15(20(14)17)11-18(21)27-22/h2-6,9-11H,7-8,12H2,1H3,(H,23,24,25). The predicted octanol–water partition coefficient (Wildman–Crippen LogP) is 5.59. The van der Waals surface area contributed by atoms with E-state index in [2.05, 4.69) is 60.8 Å². The van der Waals surface area contributed by atoms with Crippen LogP contribution in [0.5, 0.6) is 0 Å². The third-order valence-electron chi connectivity index (χ3n) is 4.99. The lowest BCUT2D eigenvalue weighted by molar-refractivity contribution is -0.113. The van der Waals surface area contributed by atoms with Crippen molar-refractivity contribution in [3.8, 4) is 0 Å². The van der Waals surface area contributed by atoms with Crippen LogP contribution in [0.25, 0.3) is 21.0 Å². The number of thiazole rings is 1. The molecule has 1 amide bonds. The van der Waals surface area contributed by atoms with E-state index in [-0.39, 0.29) is 5.91 Å². The summed E-state index contributed by atoms with van der Waals surface area (Å²) < 4.78 is 1.15. The molecule has 1 heterocycles. The van der Waals surface area contributed by atoms with Crippen molar-refractivity contribution in [2.45, 2.75) is 24.7 Å². The van der Waals surface area contributed by atoms with Crippen molar-refractivity contribution >= 4 is 55.1 Å². The van der Waals surface area contributed by atoms with Crippen LogP contribution >= 0.6 is 23.1 Å². The van der Waals surface area contributed by atoms with E-state index in [0.29, 0.717) is 10.9 Å². The van der Waals surface area contributed by atoms with Gasteiger partial charge in [-0.05, 0) is 54.5 Å². The van der Waals surface area contributed by atoms with Crippen LogP contribution in [0.1, 0.15) is 16.7 Å². The van der Waals surface area contributed by atoms with Crippen molar-refractivity contribution in [1.82, 2.24) is 4.98 Å². The highest BCUT2D eigenvalue weighted by Gasteiger charge is 2.18. The van der Waals surface area contributed by atoms with E-state index in [9.17, 15) is 4.79 Å². The summed E-state index contributed by atoms with van der Waals surface area (Å²) in [6.45, 7) is 2.06. The fourth-order valence-corrected chi connectivity index (χ4v) is 5.36. The van der Waals surface area contributed by atoms with E-state index in [1.54, 1.807) is 23.1 Å². The number of carbonyl (C=O) groups is 1. The Balaban J connectivity index is 1.38. The molecule has 0 radical (unpaired) electrons. The highest BCUT2D eigenvalue weighted by molar-refractivity contribution is 8.00. The van der Waals surface area contributed by atoms with Crippen molar-refractivity contribution in [2.75, 3.05) is 11.1 Å². The van der Waals surface area contributed by atoms with E-state index in [4.69, 9.17) is 4.98 Å². The molecule has 1 aliphatic carbocycles. The number of anilines is 1. The highest BCUT2D eigenvalue weighted by Crippen LogP contribution is 2.39. The number of rotatable bonds is 4. The number of hydrogen-bond acceptors (Lipinski definition) is 4. The number of aryl methyl sites for hydroxylation is 3. The Hall–Kier alpha value is -2.37. The van der Waals surface area contributed by atoms with Crippen molar-refractivity contribution < 1.29 is 4.79 Å². The molecule has 27 heavy (non-hydrogen) atoms. The van der Waals surface area contributed by atoms with E-state index < -0.39 is 0 Å². The molecule has 0 spiro atoms. The minimum absolute atomic E-state index is 0.0167. The van der Waals surface area contributed by atoms with Gasteiger partial charge in [0.15, 0.2) is 5.13 Å². The molecule has 0 saturated carbocycles. The minimum Gasteiger partial charge on any atom is -0.301 e. The zero-order chi connectivity index (χ0) is 18.4. The number of aromatic nitrogens is 1. The van der Waals surface area contributed by atoms with Gasteiger partial charge in [-0.2, -0.15) is 0 Å². The molecule has 0 aliphatic heterocycles. The van der Waals surface area contributed by atoms with Gasteiger partial charge >= 0.3 is 0 Å². The largest absolute Gasteiger partial charge is 0.301 e. The Kier molecular flexibility index (Phi) is 4.14. The molecule has 3 nitrogen and oxygen atoms in total. The lowest BCUT2D eigenvalue weighted by atomic mass is 10.0. The van der Waals surface area contributed by atoms with Crippen LogP contribution in [0, 0.1) is 6.92 Å². The molecule has 3 aromatic carbocycles. The van der Waals surface area contributed by atoms with Crippen molar-refractivity contribution in [1.29, 1.82) is 0 Å². The van der Waals surface area contributed by atoms with Gasteiger partial charge in [0.05, 0.1) is 16.0 Å². The van der Waals surface area contributed by atoms with Crippen molar-refractivity contribution in [3.63, 3.8) is 0 Å². The molecule has 1 aromatic heterocycles. The summed E-state index contributed by atoms with van der Waals surface area (Å²) >= 11 is 3.11. The van der Waals surface area contributed by atoms with Gasteiger partial charge in [0.2, 0.25) is 5.91 Å². The molecule has 5 heteroatoms. The quantitative estimate of drug-likeness (QED) is 0.462. The predicted molar refractivity (Wildman–Crippen MR) is 115 cm³/mol. The first-order chi connectivity index (χ1) is 13.2. The van der Waals surface area contributed by atoms with Crippen LogP contribution in [-0.4, -0.2) is 16.6 Å². The summed E-state index contributed by atoms with van der Waals surface area (Å²) in [7, 11) is 0. The Labute approximate surface area is 165 Å². The van der Waals surface area contributed by atoms with Crippen LogP contribution in [0.3, 0.4) is 0 Å². The van der Waals surface area contributed by atoms with Gasteiger partial charge in [0.25, 0.3) is 0 Å². The van der Waals surface area contributed by atoms with E-state index in [1.165, 1.54) is 27.5 Å². The number of nitrogens with one attached hydrogen (secondary N) is 1. The number of thioether (sulfide) groups is 1. The molecule has 0 bridgehead atoms. The zero-order valence-corrected chi connectivity index (χ0v) is 16.5. The van der Waals surface area contributed by atoms with Gasteiger partial charge in [-0.3, -0.25) is 4.79 Å². The second-order valence-corrected chi connectivity index (χ2v) is 8.97.